The van der Waals surface area contributed by atoms with Gasteiger partial charge in [-0.1, -0.05) is 48.3 Å². The van der Waals surface area contributed by atoms with Crippen LogP contribution < -0.4 is 9.46 Å². The number of ether oxygens (including phenoxy) is 1. The zero-order valence-electron chi connectivity index (χ0n) is 33.5. The molecule has 3 aromatic heterocycles. The van der Waals surface area contributed by atoms with Crippen molar-refractivity contribution in [2.75, 3.05) is 6.54 Å². The number of Topliss-reactive ketones (excluding diaryl/α,β-unsaturated/α-hetero) is 2. The van der Waals surface area contributed by atoms with E-state index in [1.807, 2.05) is 36.4 Å². The Balaban J connectivity index is 1.07. The molecule has 0 bridgehead atoms. The van der Waals surface area contributed by atoms with Crippen LogP contribution in [0.25, 0.3) is 33.5 Å². The summed E-state index contributed by atoms with van der Waals surface area (Å²) in [5.41, 5.74) is 0.317. The number of rotatable bonds is 9. The third-order valence-corrected chi connectivity index (χ3v) is 14.4. The van der Waals surface area contributed by atoms with Gasteiger partial charge in [0.2, 0.25) is 33.6 Å². The summed E-state index contributed by atoms with van der Waals surface area (Å²) in [6.07, 6.45) is -1.31. The van der Waals surface area contributed by atoms with E-state index in [2.05, 4.69) is 9.88 Å². The minimum absolute atomic E-state index is 0.0398. The van der Waals surface area contributed by atoms with Gasteiger partial charge in [0.1, 0.15) is 23.1 Å². The zero-order valence-corrected chi connectivity index (χ0v) is 34.3. The molecule has 5 atom stereocenters. The highest BCUT2D eigenvalue weighted by Gasteiger charge is 2.64. The molecular weight excluding hydrogens is 813 g/mol. The maximum atomic E-state index is 15.5. The van der Waals surface area contributed by atoms with E-state index >= 15 is 8.78 Å². The van der Waals surface area contributed by atoms with Crippen molar-refractivity contribution in [3.05, 3.63) is 72.1 Å². The Morgan fingerprint density at radius 1 is 0.967 bits per heavy atom. The van der Waals surface area contributed by atoms with Crippen molar-refractivity contribution >= 4 is 55.4 Å². The number of benzene rings is 2. The lowest BCUT2D eigenvalue weighted by atomic mass is 9.89. The van der Waals surface area contributed by atoms with Gasteiger partial charge in [0.25, 0.3) is 0 Å². The van der Waals surface area contributed by atoms with Crippen molar-refractivity contribution < 1.29 is 50.1 Å². The number of carbonyl (C=O) groups is 4. The number of sulfonamides is 1. The molecule has 17 heteroatoms. The number of para-hydroxylation sites is 3. The summed E-state index contributed by atoms with van der Waals surface area (Å²) in [5, 5.41) is 3.90. The Hall–Kier alpha value is -5.58. The largest absolute Gasteiger partial charge is 0.471 e. The highest BCUT2D eigenvalue weighted by molar-refractivity contribution is 7.90. The molecule has 0 radical (unpaired) electrons. The predicted molar refractivity (Wildman–Crippen MR) is 216 cm³/mol. The van der Waals surface area contributed by atoms with Crippen molar-refractivity contribution in [1.82, 2.24) is 24.7 Å². The maximum absolute atomic E-state index is 15.5. The topological polar surface area (TPSA) is 192 Å². The molecule has 2 amide bonds. The molecule has 4 aliphatic rings. The van der Waals surface area contributed by atoms with Crippen LogP contribution in [-0.4, -0.2) is 81.7 Å². The second-order valence-corrected chi connectivity index (χ2v) is 19.1. The fourth-order valence-electron chi connectivity index (χ4n) is 9.05. The molecule has 2 aliphatic carbocycles. The van der Waals surface area contributed by atoms with Crippen LogP contribution in [0.5, 0.6) is 5.88 Å². The molecule has 61 heavy (non-hydrogen) atoms. The summed E-state index contributed by atoms with van der Waals surface area (Å²) in [6, 6.07) is 16.7. The number of furan rings is 1. The summed E-state index contributed by atoms with van der Waals surface area (Å²) >= 11 is 0. The molecule has 2 aliphatic heterocycles. The molecule has 14 nitrogen and oxygen atoms in total. The van der Waals surface area contributed by atoms with E-state index in [1.54, 1.807) is 25.1 Å². The minimum Gasteiger partial charge on any atom is -0.471 e. The number of hydrogen-bond donors (Lipinski definition) is 1. The summed E-state index contributed by atoms with van der Waals surface area (Å²) in [6.45, 7) is 1.52. The van der Waals surface area contributed by atoms with Crippen LogP contribution in [-0.2, 0) is 24.4 Å². The number of nitrogens with zero attached hydrogens (tertiary/aromatic N) is 4. The molecule has 320 valence electrons. The van der Waals surface area contributed by atoms with Crippen molar-refractivity contribution in [2.24, 2.45) is 17.3 Å². The first kappa shape index (κ1) is 40.8. The molecule has 9 rings (SSSR count). The number of halogens is 2. The SMILES string of the molecule is Cc1cc(C(=O)C[C@H]2CCCCCC(F)(F)C[C@@H]3C[C@@]3(C(=O)NS(=O)(=O)C3CC3)CC(=O)[C@@H]3C[C@@H](Oc4nc5ccccc5nc4-c4cc5ccccc5o4)CN3C2=O)no1. The number of fused-ring (bicyclic) bond motifs is 4. The Morgan fingerprint density at radius 3 is 2.46 bits per heavy atom. The number of alkyl halides is 2. The molecule has 5 aromatic rings. The molecule has 1 N–H and O–H groups in total. The summed E-state index contributed by atoms with van der Waals surface area (Å²) < 4.78 is 77.0. The van der Waals surface area contributed by atoms with Gasteiger partial charge in [-0.25, -0.2) is 27.2 Å². The van der Waals surface area contributed by atoms with Crippen LogP contribution in [0.4, 0.5) is 8.78 Å². The lowest BCUT2D eigenvalue weighted by molar-refractivity contribution is -0.142. The highest BCUT2D eigenvalue weighted by atomic mass is 32.2. The van der Waals surface area contributed by atoms with Crippen LogP contribution in [0.15, 0.2) is 69.6 Å². The Morgan fingerprint density at radius 2 is 1.72 bits per heavy atom. The molecule has 4 fully saturated rings. The fourth-order valence-corrected chi connectivity index (χ4v) is 10.4. The number of hydrogen-bond acceptors (Lipinski definition) is 12. The Bertz CT molecular complexity index is 2630. The van der Waals surface area contributed by atoms with Crippen LogP contribution in [0.2, 0.25) is 0 Å². The quantitative estimate of drug-likeness (QED) is 0.148. The van der Waals surface area contributed by atoms with Gasteiger partial charge in [-0.15, -0.1) is 0 Å². The average molecular weight is 858 g/mol. The van der Waals surface area contributed by atoms with Crippen molar-refractivity contribution in [3.8, 4) is 17.3 Å². The van der Waals surface area contributed by atoms with Gasteiger partial charge in [-0.2, -0.15) is 0 Å². The molecule has 5 heterocycles. The Labute approximate surface area is 349 Å². The van der Waals surface area contributed by atoms with Gasteiger partial charge in [0, 0.05) is 49.5 Å². The smallest absolute Gasteiger partial charge is 0.248 e. The second kappa shape index (κ2) is 15.7. The molecule has 2 aromatic carbocycles. The number of ketones is 2. The van der Waals surface area contributed by atoms with Gasteiger partial charge in [-0.05, 0) is 69.2 Å². The Kier molecular flexibility index (Phi) is 10.5. The molecule has 2 saturated heterocycles. The number of nitrogens with one attached hydrogen (secondary N) is 1. The van der Waals surface area contributed by atoms with Gasteiger partial charge in [0.15, 0.2) is 23.0 Å². The third-order valence-electron chi connectivity index (χ3n) is 12.6. The minimum atomic E-state index is -4.07. The average Bonchev–Trinajstić information content (AvgIpc) is 4.03. The zero-order chi connectivity index (χ0) is 42.7. The van der Waals surface area contributed by atoms with E-state index in [-0.39, 0.29) is 55.9 Å². The highest BCUT2D eigenvalue weighted by Crippen LogP contribution is 2.60. The molecule has 0 unspecified atom stereocenters. The van der Waals surface area contributed by atoms with Gasteiger partial charge >= 0.3 is 0 Å². The third kappa shape index (κ3) is 8.40. The number of aromatic nitrogens is 3. The first-order valence-corrected chi connectivity index (χ1v) is 22.4. The number of amides is 2. The van der Waals surface area contributed by atoms with Crippen molar-refractivity contribution in [1.29, 1.82) is 0 Å². The summed E-state index contributed by atoms with van der Waals surface area (Å²) in [4.78, 5) is 68.0. The molecule has 0 spiro atoms. The van der Waals surface area contributed by atoms with E-state index in [9.17, 15) is 27.6 Å². The molecular formula is C44H45F2N5O9S. The van der Waals surface area contributed by atoms with E-state index in [0.717, 1.165) is 5.39 Å². The first-order valence-electron chi connectivity index (χ1n) is 20.8. The van der Waals surface area contributed by atoms with Crippen LogP contribution >= 0.6 is 0 Å². The van der Waals surface area contributed by atoms with Crippen molar-refractivity contribution in [3.63, 3.8) is 0 Å². The lowest BCUT2D eigenvalue weighted by Crippen LogP contribution is -2.46. The van der Waals surface area contributed by atoms with Crippen LogP contribution in [0.3, 0.4) is 0 Å². The van der Waals surface area contributed by atoms with Gasteiger partial charge in [0.05, 0.1) is 34.3 Å². The van der Waals surface area contributed by atoms with Crippen LogP contribution in [0, 0.1) is 24.2 Å². The van der Waals surface area contributed by atoms with E-state index in [0.29, 0.717) is 53.8 Å². The second-order valence-electron chi connectivity index (χ2n) is 17.2. The van der Waals surface area contributed by atoms with Crippen LogP contribution in [0.1, 0.15) is 93.3 Å². The first-order chi connectivity index (χ1) is 29.2. The predicted octanol–water partition coefficient (Wildman–Crippen LogP) is 7.14. The maximum Gasteiger partial charge on any atom is 0.248 e. The van der Waals surface area contributed by atoms with Gasteiger partial charge in [-0.3, -0.25) is 23.9 Å². The normalized spacial score (nSPS) is 26.0. The number of aryl methyl sites for hydroxylation is 1. The fraction of sp³-hybridized carbons (Fsp3) is 0.477. The van der Waals surface area contributed by atoms with Crippen molar-refractivity contribution in [2.45, 2.75) is 107 Å². The summed E-state index contributed by atoms with van der Waals surface area (Å²) in [5.74, 6) is -6.77. The van der Waals surface area contributed by atoms with E-state index in [4.69, 9.17) is 23.6 Å². The van der Waals surface area contributed by atoms with E-state index < -0.39 is 93.2 Å². The molecule has 2 saturated carbocycles. The van der Waals surface area contributed by atoms with E-state index in [1.165, 1.54) is 11.0 Å². The number of carbonyl (C=O) groups excluding carboxylic acids is 4. The standard InChI is InChI=1S/C44H45F2N5O9S/c1-25-17-33(49-60-25)35(52)18-27-10-3-2-8-16-44(45,46)22-28-21-43(28,42(55)50-61(56,57)30-14-15-30)23-36(53)34-20-29(24-51(34)41(27)54)58-40-39(47-31-11-5-6-12-32(31)48-40)38-19-26-9-4-7-13-37(26)59-38/h4-7,9,11-13,17,19,27-30,34H,2-3,8,10,14-16,18,20-24H2,1H3,(H,50,55)/t27-,28+,29-,34+,43-/m1/s1. The summed E-state index contributed by atoms with van der Waals surface area (Å²) in [7, 11) is -4.07. The monoisotopic (exact) mass is 857 g/mol. The van der Waals surface area contributed by atoms with Gasteiger partial charge < -0.3 is 18.6 Å². The lowest BCUT2D eigenvalue weighted by Gasteiger charge is -2.29.